The van der Waals surface area contributed by atoms with Gasteiger partial charge in [-0.2, -0.15) is 0 Å². The van der Waals surface area contributed by atoms with Crippen LogP contribution in [0.25, 0.3) is 0 Å². The highest BCUT2D eigenvalue weighted by molar-refractivity contribution is 6.04. The summed E-state index contributed by atoms with van der Waals surface area (Å²) in [5.41, 5.74) is 3.88. The number of hydrogen-bond acceptors (Lipinski definition) is 4. The van der Waals surface area contributed by atoms with E-state index < -0.39 is 0 Å². The molecule has 2 aromatic rings. The summed E-state index contributed by atoms with van der Waals surface area (Å²) in [7, 11) is 1.60. The van der Waals surface area contributed by atoms with Gasteiger partial charge in [-0.15, -0.1) is 0 Å². The molecule has 3 amide bonds. The maximum atomic E-state index is 12.9. The highest BCUT2D eigenvalue weighted by atomic mass is 16.5. The van der Waals surface area contributed by atoms with Gasteiger partial charge in [0, 0.05) is 43.8 Å². The molecule has 0 atom stereocenters. The predicted octanol–water partition coefficient (Wildman–Crippen LogP) is 4.26. The molecule has 0 aromatic heterocycles. The van der Waals surface area contributed by atoms with Crippen LogP contribution >= 0.6 is 0 Å². The molecule has 7 nitrogen and oxygen atoms in total. The van der Waals surface area contributed by atoms with Gasteiger partial charge in [-0.25, -0.2) is 4.79 Å². The number of amides is 3. The van der Waals surface area contributed by atoms with Crippen molar-refractivity contribution in [2.75, 3.05) is 48.9 Å². The quantitative estimate of drug-likeness (QED) is 0.553. The molecular weight excluding hydrogens is 392 g/mol. The first-order chi connectivity index (χ1) is 15.1. The number of ether oxygens (including phenoxy) is 1. The Morgan fingerprint density at radius 3 is 2.55 bits per heavy atom. The fourth-order valence-corrected chi connectivity index (χ4v) is 3.80. The maximum Gasteiger partial charge on any atom is 0.323 e. The average molecular weight is 425 g/mol. The molecule has 7 heteroatoms. The molecule has 0 radical (unpaired) electrons. The number of para-hydroxylation sites is 1. The number of nitrogens with one attached hydrogen (secondary N) is 3. The standard InChI is InChI=1S/C24H32N4O3/c1-3-18-9-5-6-10-21(18)27-24(30)26-19-11-12-22(28-14-7-4-8-15-28)20(17-19)23(29)25-13-16-31-2/h5-6,9-12,17H,3-4,7-8,13-16H2,1-2H3,(H,25,29)(H2,26,27,30). The fourth-order valence-electron chi connectivity index (χ4n) is 3.80. The molecule has 0 aliphatic carbocycles. The summed E-state index contributed by atoms with van der Waals surface area (Å²) in [5.74, 6) is -0.169. The zero-order valence-electron chi connectivity index (χ0n) is 18.4. The second-order valence-electron chi connectivity index (χ2n) is 7.62. The van der Waals surface area contributed by atoms with Crippen LogP contribution in [0.4, 0.5) is 21.9 Å². The van der Waals surface area contributed by atoms with Crippen LogP contribution in [0.2, 0.25) is 0 Å². The summed E-state index contributed by atoms with van der Waals surface area (Å²) in [6.07, 6.45) is 4.27. The van der Waals surface area contributed by atoms with Crippen molar-refractivity contribution in [3.05, 3.63) is 53.6 Å². The lowest BCUT2D eigenvalue weighted by atomic mass is 10.1. The van der Waals surface area contributed by atoms with E-state index in [9.17, 15) is 9.59 Å². The van der Waals surface area contributed by atoms with Crippen molar-refractivity contribution in [1.29, 1.82) is 0 Å². The third kappa shape index (κ3) is 6.21. The number of hydrogen-bond donors (Lipinski definition) is 3. The highest BCUT2D eigenvalue weighted by Gasteiger charge is 2.19. The number of nitrogens with zero attached hydrogens (tertiary/aromatic N) is 1. The Balaban J connectivity index is 1.77. The van der Waals surface area contributed by atoms with Crippen molar-refractivity contribution < 1.29 is 14.3 Å². The zero-order valence-corrected chi connectivity index (χ0v) is 18.4. The smallest absolute Gasteiger partial charge is 0.323 e. The highest BCUT2D eigenvalue weighted by Crippen LogP contribution is 2.27. The van der Waals surface area contributed by atoms with Gasteiger partial charge < -0.3 is 25.6 Å². The van der Waals surface area contributed by atoms with Crippen LogP contribution < -0.4 is 20.9 Å². The number of rotatable bonds is 8. The number of aryl methyl sites for hydroxylation is 1. The van der Waals surface area contributed by atoms with Crippen molar-refractivity contribution in [3.8, 4) is 0 Å². The van der Waals surface area contributed by atoms with Gasteiger partial charge in [0.15, 0.2) is 0 Å². The molecular formula is C24H32N4O3. The summed E-state index contributed by atoms with van der Waals surface area (Å²) in [5, 5.41) is 8.66. The van der Waals surface area contributed by atoms with Gasteiger partial charge in [0.05, 0.1) is 12.2 Å². The normalized spacial score (nSPS) is 13.5. The van der Waals surface area contributed by atoms with Gasteiger partial charge in [0.1, 0.15) is 0 Å². The van der Waals surface area contributed by atoms with Gasteiger partial charge in [-0.1, -0.05) is 25.1 Å². The lowest BCUT2D eigenvalue weighted by molar-refractivity contribution is 0.0937. The zero-order chi connectivity index (χ0) is 22.1. The van der Waals surface area contributed by atoms with Crippen molar-refractivity contribution in [3.63, 3.8) is 0 Å². The van der Waals surface area contributed by atoms with E-state index in [0.717, 1.165) is 49.3 Å². The van der Waals surface area contributed by atoms with Crippen LogP contribution in [0, 0.1) is 0 Å². The number of urea groups is 1. The van der Waals surface area contributed by atoms with Crippen molar-refractivity contribution in [2.24, 2.45) is 0 Å². The number of carbonyl (C=O) groups is 2. The first-order valence-corrected chi connectivity index (χ1v) is 10.9. The number of piperidine rings is 1. The van der Waals surface area contributed by atoms with E-state index >= 15 is 0 Å². The van der Waals surface area contributed by atoms with E-state index in [1.165, 1.54) is 6.42 Å². The van der Waals surface area contributed by atoms with Crippen LogP contribution in [-0.2, 0) is 11.2 Å². The number of carbonyl (C=O) groups excluding carboxylic acids is 2. The summed E-state index contributed by atoms with van der Waals surface area (Å²) < 4.78 is 5.04. The van der Waals surface area contributed by atoms with E-state index in [1.807, 2.05) is 43.3 Å². The Hall–Kier alpha value is -3.06. The largest absolute Gasteiger partial charge is 0.383 e. The molecule has 0 spiro atoms. The third-order valence-corrected chi connectivity index (χ3v) is 5.43. The molecule has 1 heterocycles. The fraction of sp³-hybridized carbons (Fsp3) is 0.417. The number of methoxy groups -OCH3 is 1. The van der Waals surface area contributed by atoms with Crippen LogP contribution in [0.1, 0.15) is 42.1 Å². The van der Waals surface area contributed by atoms with Crippen molar-refractivity contribution in [2.45, 2.75) is 32.6 Å². The van der Waals surface area contributed by atoms with E-state index in [1.54, 1.807) is 13.2 Å². The minimum absolute atomic E-state index is 0.169. The summed E-state index contributed by atoms with van der Waals surface area (Å²) in [4.78, 5) is 27.7. The van der Waals surface area contributed by atoms with Gasteiger partial charge in [-0.05, 0) is 55.5 Å². The van der Waals surface area contributed by atoms with Crippen LogP contribution in [0.15, 0.2) is 42.5 Å². The van der Waals surface area contributed by atoms with E-state index in [-0.39, 0.29) is 11.9 Å². The van der Waals surface area contributed by atoms with Gasteiger partial charge >= 0.3 is 6.03 Å². The van der Waals surface area contributed by atoms with E-state index in [2.05, 4.69) is 20.9 Å². The minimum Gasteiger partial charge on any atom is -0.383 e. The molecule has 0 bridgehead atoms. The van der Waals surface area contributed by atoms with Crippen LogP contribution in [-0.4, -0.2) is 45.3 Å². The second kappa shape index (κ2) is 11.4. The second-order valence-corrected chi connectivity index (χ2v) is 7.62. The molecule has 1 saturated heterocycles. The Kier molecular flexibility index (Phi) is 8.29. The summed E-state index contributed by atoms with van der Waals surface area (Å²) in [6.45, 7) is 4.79. The summed E-state index contributed by atoms with van der Waals surface area (Å²) >= 11 is 0. The Labute approximate surface area is 184 Å². The topological polar surface area (TPSA) is 82.7 Å². The van der Waals surface area contributed by atoms with E-state index in [4.69, 9.17) is 4.74 Å². The Morgan fingerprint density at radius 2 is 1.81 bits per heavy atom. The van der Waals surface area contributed by atoms with Crippen LogP contribution in [0.5, 0.6) is 0 Å². The number of benzene rings is 2. The Bertz CT molecular complexity index is 894. The van der Waals surface area contributed by atoms with Gasteiger partial charge in [-0.3, -0.25) is 4.79 Å². The molecule has 0 unspecified atom stereocenters. The molecule has 1 aliphatic rings. The summed E-state index contributed by atoms with van der Waals surface area (Å²) in [6, 6.07) is 12.9. The predicted molar refractivity (Wildman–Crippen MR) is 125 cm³/mol. The maximum absolute atomic E-state index is 12.9. The van der Waals surface area contributed by atoms with E-state index in [0.29, 0.717) is 24.4 Å². The molecule has 166 valence electrons. The van der Waals surface area contributed by atoms with Crippen LogP contribution in [0.3, 0.4) is 0 Å². The first-order valence-electron chi connectivity index (χ1n) is 10.9. The lowest BCUT2D eigenvalue weighted by Crippen LogP contribution is -2.33. The van der Waals surface area contributed by atoms with Crippen molar-refractivity contribution >= 4 is 29.0 Å². The lowest BCUT2D eigenvalue weighted by Gasteiger charge is -2.30. The first kappa shape index (κ1) is 22.6. The molecule has 31 heavy (non-hydrogen) atoms. The average Bonchev–Trinajstić information content (AvgIpc) is 2.80. The molecule has 1 fully saturated rings. The van der Waals surface area contributed by atoms with Crippen molar-refractivity contribution in [1.82, 2.24) is 5.32 Å². The molecule has 1 aliphatic heterocycles. The molecule has 0 saturated carbocycles. The SMILES string of the molecule is CCc1ccccc1NC(=O)Nc1ccc(N2CCCCC2)c(C(=O)NCCOC)c1. The minimum atomic E-state index is -0.336. The Morgan fingerprint density at radius 1 is 1.03 bits per heavy atom. The molecule has 3 rings (SSSR count). The third-order valence-electron chi connectivity index (χ3n) is 5.43. The monoisotopic (exact) mass is 424 g/mol. The van der Waals surface area contributed by atoms with Gasteiger partial charge in [0.2, 0.25) is 0 Å². The number of anilines is 3. The van der Waals surface area contributed by atoms with Gasteiger partial charge in [0.25, 0.3) is 5.91 Å². The molecule has 3 N–H and O–H groups in total. The molecule has 2 aromatic carbocycles.